The summed E-state index contributed by atoms with van der Waals surface area (Å²) in [5, 5.41) is 0.736. The van der Waals surface area contributed by atoms with Gasteiger partial charge in [-0.25, -0.2) is 8.42 Å². The van der Waals surface area contributed by atoms with E-state index in [1.165, 1.54) is 4.31 Å². The van der Waals surface area contributed by atoms with Crippen molar-refractivity contribution in [3.8, 4) is 0 Å². The molecule has 0 atom stereocenters. The normalized spacial score (nSPS) is 17.2. The predicted octanol–water partition coefficient (Wildman–Crippen LogP) is 2.53. The number of halogens is 1. The molecule has 1 aromatic carbocycles. The summed E-state index contributed by atoms with van der Waals surface area (Å²) in [6.45, 7) is 1.04. The highest BCUT2D eigenvalue weighted by Crippen LogP contribution is 2.19. The van der Waals surface area contributed by atoms with Gasteiger partial charge in [-0.2, -0.15) is 4.31 Å². The second-order valence-electron chi connectivity index (χ2n) is 3.90. The molecule has 0 saturated heterocycles. The van der Waals surface area contributed by atoms with E-state index >= 15 is 0 Å². The van der Waals surface area contributed by atoms with Gasteiger partial charge in [0.15, 0.2) is 0 Å². The quantitative estimate of drug-likeness (QED) is 0.635. The van der Waals surface area contributed by atoms with E-state index in [4.69, 9.17) is 0 Å². The smallest absolute Gasteiger partial charge is 0.207 e. The molecule has 0 fully saturated rings. The van der Waals surface area contributed by atoms with Crippen LogP contribution in [0.1, 0.15) is 12.0 Å². The molecule has 0 spiro atoms. The first-order valence-corrected chi connectivity index (χ1v) is 8.01. The third kappa shape index (κ3) is 2.78. The van der Waals surface area contributed by atoms with Gasteiger partial charge in [-0.05, 0) is 24.1 Å². The van der Waals surface area contributed by atoms with Crippen LogP contribution in [0.25, 0.3) is 0 Å². The van der Waals surface area contributed by atoms with Crippen molar-refractivity contribution in [3.05, 3.63) is 42.0 Å². The molecule has 1 aliphatic rings. The molecule has 0 bridgehead atoms. The van der Waals surface area contributed by atoms with Crippen LogP contribution in [0.3, 0.4) is 0 Å². The highest BCUT2D eigenvalue weighted by atomic mass is 79.9. The summed E-state index contributed by atoms with van der Waals surface area (Å²) >= 11 is 3.34. The van der Waals surface area contributed by atoms with E-state index in [0.29, 0.717) is 18.0 Å². The number of alkyl halides is 1. The van der Waals surface area contributed by atoms with E-state index < -0.39 is 10.0 Å². The molecule has 1 aromatic rings. The minimum absolute atomic E-state index is 0.373. The lowest BCUT2D eigenvalue weighted by molar-refractivity contribution is 0.437. The van der Waals surface area contributed by atoms with Crippen molar-refractivity contribution in [2.24, 2.45) is 0 Å². The van der Waals surface area contributed by atoms with Crippen molar-refractivity contribution >= 4 is 26.0 Å². The standard InChI is InChI=1S/C12H14BrNO2S/c13-10-11-4-6-12(7-5-11)17(15,16)14-8-2-1-3-9-14/h1-2,4-7H,3,8-10H2. The molecule has 5 heteroatoms. The third-order valence-electron chi connectivity index (χ3n) is 2.74. The SMILES string of the molecule is O=S(=O)(c1ccc(CBr)cc1)N1CC=CCC1. The topological polar surface area (TPSA) is 37.4 Å². The Morgan fingerprint density at radius 1 is 1.18 bits per heavy atom. The number of rotatable bonds is 3. The molecular formula is C12H14BrNO2S. The van der Waals surface area contributed by atoms with Crippen molar-refractivity contribution in [2.75, 3.05) is 13.1 Å². The van der Waals surface area contributed by atoms with E-state index in [9.17, 15) is 8.42 Å². The number of benzene rings is 1. The molecule has 17 heavy (non-hydrogen) atoms. The van der Waals surface area contributed by atoms with Gasteiger partial charge in [-0.15, -0.1) is 0 Å². The molecule has 0 unspecified atom stereocenters. The summed E-state index contributed by atoms with van der Waals surface area (Å²) < 4.78 is 26.0. The zero-order chi connectivity index (χ0) is 12.3. The van der Waals surface area contributed by atoms with Gasteiger partial charge < -0.3 is 0 Å². The monoisotopic (exact) mass is 315 g/mol. The Balaban J connectivity index is 2.27. The van der Waals surface area contributed by atoms with Crippen LogP contribution in [-0.2, 0) is 15.4 Å². The Labute approximate surface area is 110 Å². The molecule has 0 N–H and O–H groups in total. The Bertz CT molecular complexity index is 508. The number of hydrogen-bond donors (Lipinski definition) is 0. The summed E-state index contributed by atoms with van der Waals surface area (Å²) in [4.78, 5) is 0.373. The molecule has 1 aliphatic heterocycles. The van der Waals surface area contributed by atoms with Crippen LogP contribution in [0, 0.1) is 0 Å². The first-order valence-electron chi connectivity index (χ1n) is 5.44. The number of hydrogen-bond acceptors (Lipinski definition) is 2. The maximum Gasteiger partial charge on any atom is 0.243 e. The van der Waals surface area contributed by atoms with Gasteiger partial charge in [0.1, 0.15) is 0 Å². The summed E-state index contributed by atoms with van der Waals surface area (Å²) in [5.74, 6) is 0. The molecular weight excluding hydrogens is 302 g/mol. The minimum Gasteiger partial charge on any atom is -0.207 e. The van der Waals surface area contributed by atoms with Gasteiger partial charge in [0.05, 0.1) is 4.90 Å². The highest BCUT2D eigenvalue weighted by molar-refractivity contribution is 9.08. The molecule has 0 amide bonds. The van der Waals surface area contributed by atoms with Crippen LogP contribution >= 0.6 is 15.9 Å². The van der Waals surface area contributed by atoms with Gasteiger partial charge >= 0.3 is 0 Å². The van der Waals surface area contributed by atoms with Gasteiger partial charge in [0.2, 0.25) is 10.0 Å². The van der Waals surface area contributed by atoms with Crippen LogP contribution in [-0.4, -0.2) is 25.8 Å². The maximum absolute atomic E-state index is 12.3. The Morgan fingerprint density at radius 3 is 2.41 bits per heavy atom. The molecule has 0 saturated carbocycles. The van der Waals surface area contributed by atoms with Gasteiger partial charge in [0, 0.05) is 18.4 Å². The van der Waals surface area contributed by atoms with Gasteiger partial charge in [-0.1, -0.05) is 40.2 Å². The molecule has 0 radical (unpaired) electrons. The lowest BCUT2D eigenvalue weighted by Crippen LogP contribution is -2.33. The van der Waals surface area contributed by atoms with E-state index in [1.54, 1.807) is 12.1 Å². The fourth-order valence-electron chi connectivity index (χ4n) is 1.74. The fourth-order valence-corrected chi connectivity index (χ4v) is 3.52. The van der Waals surface area contributed by atoms with Gasteiger partial charge in [0.25, 0.3) is 0 Å². The summed E-state index contributed by atoms with van der Waals surface area (Å²) in [7, 11) is -3.32. The second-order valence-corrected chi connectivity index (χ2v) is 6.40. The average molecular weight is 316 g/mol. The largest absolute Gasteiger partial charge is 0.243 e. The van der Waals surface area contributed by atoms with Gasteiger partial charge in [-0.3, -0.25) is 0 Å². The summed E-state index contributed by atoms with van der Waals surface area (Å²) in [6, 6.07) is 7.01. The second kappa shape index (κ2) is 5.33. The third-order valence-corrected chi connectivity index (χ3v) is 5.26. The molecule has 92 valence electrons. The van der Waals surface area contributed by atoms with E-state index in [1.807, 2.05) is 24.3 Å². The minimum atomic E-state index is -3.32. The van der Waals surface area contributed by atoms with Crippen molar-refractivity contribution < 1.29 is 8.42 Å². The number of nitrogens with zero attached hydrogens (tertiary/aromatic N) is 1. The van der Waals surface area contributed by atoms with Crippen LogP contribution < -0.4 is 0 Å². The van der Waals surface area contributed by atoms with E-state index in [-0.39, 0.29) is 0 Å². The molecule has 0 aliphatic carbocycles. The van der Waals surface area contributed by atoms with Crippen LogP contribution in [0.2, 0.25) is 0 Å². The first kappa shape index (κ1) is 12.8. The molecule has 3 nitrogen and oxygen atoms in total. The van der Waals surface area contributed by atoms with Crippen LogP contribution in [0.15, 0.2) is 41.3 Å². The zero-order valence-corrected chi connectivity index (χ0v) is 11.7. The van der Waals surface area contributed by atoms with Crippen molar-refractivity contribution in [3.63, 3.8) is 0 Å². The molecule has 0 aromatic heterocycles. The zero-order valence-electron chi connectivity index (χ0n) is 9.34. The summed E-state index contributed by atoms with van der Waals surface area (Å²) in [5.41, 5.74) is 1.07. The Kier molecular flexibility index (Phi) is 4.01. The number of sulfonamides is 1. The Morgan fingerprint density at radius 2 is 1.88 bits per heavy atom. The van der Waals surface area contributed by atoms with Crippen molar-refractivity contribution in [1.82, 2.24) is 4.31 Å². The van der Waals surface area contributed by atoms with Crippen LogP contribution in [0.5, 0.6) is 0 Å². The summed E-state index contributed by atoms with van der Waals surface area (Å²) in [6.07, 6.45) is 4.70. The van der Waals surface area contributed by atoms with Crippen LogP contribution in [0.4, 0.5) is 0 Å². The predicted molar refractivity (Wildman–Crippen MR) is 71.6 cm³/mol. The molecule has 2 rings (SSSR count). The van der Waals surface area contributed by atoms with Crippen molar-refractivity contribution in [1.29, 1.82) is 0 Å². The first-order chi connectivity index (χ1) is 8.14. The Hall–Kier alpha value is -0.650. The lowest BCUT2D eigenvalue weighted by Gasteiger charge is -2.22. The van der Waals surface area contributed by atoms with E-state index in [2.05, 4.69) is 15.9 Å². The van der Waals surface area contributed by atoms with E-state index in [0.717, 1.165) is 17.3 Å². The lowest BCUT2D eigenvalue weighted by atomic mass is 10.2. The maximum atomic E-state index is 12.3. The average Bonchev–Trinajstić information content (AvgIpc) is 2.40. The molecule has 1 heterocycles. The fraction of sp³-hybridized carbons (Fsp3) is 0.333. The van der Waals surface area contributed by atoms with Crippen molar-refractivity contribution in [2.45, 2.75) is 16.6 Å². The highest BCUT2D eigenvalue weighted by Gasteiger charge is 2.23.